The lowest BCUT2D eigenvalue weighted by molar-refractivity contribution is -0.120. The molecule has 1 unspecified atom stereocenters. The number of furan rings is 1. The number of sulfonamides is 1. The Morgan fingerprint density at radius 1 is 1.12 bits per heavy atom. The molecule has 1 heterocycles. The monoisotopic (exact) mass is 470 g/mol. The van der Waals surface area contributed by atoms with E-state index in [9.17, 15) is 13.2 Å². The van der Waals surface area contributed by atoms with Gasteiger partial charge in [0.1, 0.15) is 23.2 Å². The second-order valence-corrected chi connectivity index (χ2v) is 9.86. The van der Waals surface area contributed by atoms with E-state index < -0.39 is 22.0 Å². The van der Waals surface area contributed by atoms with Crippen molar-refractivity contribution >= 4 is 38.4 Å². The van der Waals surface area contributed by atoms with Gasteiger partial charge in [0, 0.05) is 23.1 Å². The summed E-state index contributed by atoms with van der Waals surface area (Å²) in [5.41, 5.74) is 9.01. The highest BCUT2D eigenvalue weighted by Crippen LogP contribution is 2.30. The van der Waals surface area contributed by atoms with Crippen LogP contribution in [0.4, 0.5) is 5.69 Å². The first-order chi connectivity index (χ1) is 15.7. The molecule has 0 spiro atoms. The normalized spacial score (nSPS) is 12.5. The Kier molecular flexibility index (Phi) is 7.43. The van der Waals surface area contributed by atoms with E-state index in [1.807, 2.05) is 25.1 Å². The minimum Gasteiger partial charge on any atom is -0.461 e. The summed E-state index contributed by atoms with van der Waals surface area (Å²) < 4.78 is 32.4. The third-order valence-electron chi connectivity index (χ3n) is 5.38. The highest BCUT2D eigenvalue weighted by Gasteiger charge is 2.26. The number of nitrogen functional groups attached to an aromatic ring is 1. The average molecular weight is 471 g/mol. The Morgan fingerprint density at radius 3 is 2.39 bits per heavy atom. The van der Waals surface area contributed by atoms with Crippen molar-refractivity contribution in [1.82, 2.24) is 4.72 Å². The molecule has 8 nitrogen and oxygen atoms in total. The molecule has 0 aliphatic rings. The van der Waals surface area contributed by atoms with Crippen molar-refractivity contribution in [2.45, 2.75) is 46.1 Å². The zero-order chi connectivity index (χ0) is 24.2. The van der Waals surface area contributed by atoms with Crippen LogP contribution >= 0.6 is 0 Å². The van der Waals surface area contributed by atoms with Crippen LogP contribution in [0.15, 0.2) is 46.9 Å². The van der Waals surface area contributed by atoms with Gasteiger partial charge in [0.05, 0.1) is 5.75 Å². The van der Waals surface area contributed by atoms with Crippen molar-refractivity contribution in [3.63, 3.8) is 0 Å². The first-order valence-electron chi connectivity index (χ1n) is 11.0. The van der Waals surface area contributed by atoms with E-state index in [2.05, 4.69) is 17.0 Å². The predicted octanol–water partition coefficient (Wildman–Crippen LogP) is 3.85. The van der Waals surface area contributed by atoms with Crippen LogP contribution in [0.25, 0.3) is 11.0 Å². The largest absolute Gasteiger partial charge is 0.461 e. The summed E-state index contributed by atoms with van der Waals surface area (Å²) in [6, 6.07) is 11.5. The van der Waals surface area contributed by atoms with Crippen LogP contribution in [0.3, 0.4) is 0 Å². The fourth-order valence-electron chi connectivity index (χ4n) is 3.60. The van der Waals surface area contributed by atoms with Crippen molar-refractivity contribution < 1.29 is 17.6 Å². The first-order valence-corrected chi connectivity index (χ1v) is 12.6. The maximum Gasteiger partial charge on any atom is 0.260 e. The van der Waals surface area contributed by atoms with Crippen LogP contribution in [-0.4, -0.2) is 25.9 Å². The lowest BCUT2D eigenvalue weighted by Crippen LogP contribution is -2.38. The lowest BCUT2D eigenvalue weighted by atomic mass is 9.99. The third-order valence-corrected chi connectivity index (χ3v) is 6.65. The van der Waals surface area contributed by atoms with E-state index >= 15 is 0 Å². The van der Waals surface area contributed by atoms with Crippen molar-refractivity contribution in [1.29, 1.82) is 5.41 Å². The van der Waals surface area contributed by atoms with Gasteiger partial charge in [0.2, 0.25) is 10.0 Å². The molecule has 0 bridgehead atoms. The van der Waals surface area contributed by atoms with Gasteiger partial charge >= 0.3 is 0 Å². The zero-order valence-electron chi connectivity index (χ0n) is 19.1. The number of amidine groups is 1. The van der Waals surface area contributed by atoms with Crippen LogP contribution in [0.2, 0.25) is 0 Å². The second kappa shape index (κ2) is 10.1. The van der Waals surface area contributed by atoms with E-state index in [-0.39, 0.29) is 11.6 Å². The molecule has 2 aromatic carbocycles. The van der Waals surface area contributed by atoms with E-state index in [1.165, 1.54) is 6.92 Å². The van der Waals surface area contributed by atoms with E-state index in [0.717, 1.165) is 35.1 Å². The molecule has 1 amide bonds. The molecule has 9 heteroatoms. The Morgan fingerprint density at radius 2 is 1.82 bits per heavy atom. The average Bonchev–Trinajstić information content (AvgIpc) is 3.19. The number of carbonyl (C=O) groups excluding carboxylic acids is 1. The number of hydrogen-bond acceptors (Lipinski definition) is 6. The molecular formula is C24H30N4O4S. The van der Waals surface area contributed by atoms with Crippen molar-refractivity contribution in [2.24, 2.45) is 5.73 Å². The molecule has 3 rings (SSSR count). The molecular weight excluding hydrogens is 440 g/mol. The Labute approximate surface area is 194 Å². The highest BCUT2D eigenvalue weighted by molar-refractivity contribution is 7.90. The quantitative estimate of drug-likeness (QED) is 0.262. The molecule has 0 saturated heterocycles. The summed E-state index contributed by atoms with van der Waals surface area (Å²) in [6.07, 6.45) is 2.46. The number of carbonyl (C=O) groups is 1. The first kappa shape index (κ1) is 24.3. The Balaban J connectivity index is 2.06. The number of nitrogens with two attached hydrogens (primary N) is 1. The molecule has 3 aromatic rings. The number of anilines is 1. The van der Waals surface area contributed by atoms with E-state index in [1.54, 1.807) is 24.3 Å². The SMILES string of the molecule is CCCc1cc2cc(C(Nc3ccc(C(=N)N)cc3)C(=O)NS(=O)(=O)CC)cc(CC)c2o1. The van der Waals surface area contributed by atoms with Gasteiger partial charge in [0.15, 0.2) is 0 Å². The summed E-state index contributed by atoms with van der Waals surface area (Å²) in [6.45, 7) is 5.56. The number of rotatable bonds is 10. The van der Waals surface area contributed by atoms with Crippen LogP contribution in [0, 0.1) is 5.41 Å². The van der Waals surface area contributed by atoms with Crippen LogP contribution in [0.5, 0.6) is 0 Å². The number of amides is 1. The van der Waals surface area contributed by atoms with E-state index in [0.29, 0.717) is 23.2 Å². The van der Waals surface area contributed by atoms with Crippen LogP contribution in [0.1, 0.15) is 55.7 Å². The topological polar surface area (TPSA) is 138 Å². The molecule has 1 aromatic heterocycles. The van der Waals surface area contributed by atoms with Gasteiger partial charge in [-0.15, -0.1) is 0 Å². The number of aryl methyl sites for hydroxylation is 2. The van der Waals surface area contributed by atoms with Gasteiger partial charge < -0.3 is 15.5 Å². The molecule has 33 heavy (non-hydrogen) atoms. The van der Waals surface area contributed by atoms with Gasteiger partial charge in [-0.1, -0.05) is 13.8 Å². The van der Waals surface area contributed by atoms with Gasteiger partial charge in [0.25, 0.3) is 5.91 Å². The summed E-state index contributed by atoms with van der Waals surface area (Å²) in [4.78, 5) is 13.1. The van der Waals surface area contributed by atoms with Gasteiger partial charge in [-0.3, -0.25) is 14.9 Å². The smallest absolute Gasteiger partial charge is 0.260 e. The van der Waals surface area contributed by atoms with Gasteiger partial charge in [-0.05, 0) is 73.4 Å². The number of hydrogen-bond donors (Lipinski definition) is 4. The fraction of sp³-hybridized carbons (Fsp3) is 0.333. The van der Waals surface area contributed by atoms with Gasteiger partial charge in [-0.25, -0.2) is 8.42 Å². The summed E-state index contributed by atoms with van der Waals surface area (Å²) in [5.74, 6) is -0.0706. The van der Waals surface area contributed by atoms with Crippen molar-refractivity contribution in [3.8, 4) is 0 Å². The maximum atomic E-state index is 13.1. The second-order valence-electron chi connectivity index (χ2n) is 7.85. The molecule has 0 aliphatic heterocycles. The van der Waals surface area contributed by atoms with Crippen LogP contribution in [-0.2, 0) is 27.7 Å². The van der Waals surface area contributed by atoms with E-state index in [4.69, 9.17) is 15.6 Å². The molecule has 0 fully saturated rings. The van der Waals surface area contributed by atoms with Crippen molar-refractivity contribution in [3.05, 3.63) is 64.9 Å². The Hall–Kier alpha value is -3.33. The maximum absolute atomic E-state index is 13.1. The minimum atomic E-state index is -3.75. The van der Waals surface area contributed by atoms with Gasteiger partial charge in [-0.2, -0.15) is 0 Å². The lowest BCUT2D eigenvalue weighted by Gasteiger charge is -2.21. The number of fused-ring (bicyclic) bond motifs is 1. The highest BCUT2D eigenvalue weighted by atomic mass is 32.2. The Bertz CT molecular complexity index is 1260. The number of nitrogens with one attached hydrogen (secondary N) is 3. The fourth-order valence-corrected chi connectivity index (χ4v) is 4.17. The predicted molar refractivity (Wildman–Crippen MR) is 131 cm³/mol. The molecule has 0 aliphatic carbocycles. The third kappa shape index (κ3) is 5.73. The zero-order valence-corrected chi connectivity index (χ0v) is 19.9. The minimum absolute atomic E-state index is 0.0641. The molecule has 1 atom stereocenters. The molecule has 0 radical (unpaired) electrons. The summed E-state index contributed by atoms with van der Waals surface area (Å²) in [7, 11) is -3.75. The molecule has 0 saturated carbocycles. The summed E-state index contributed by atoms with van der Waals surface area (Å²) >= 11 is 0. The summed E-state index contributed by atoms with van der Waals surface area (Å²) in [5, 5.41) is 11.6. The van der Waals surface area contributed by atoms with Crippen molar-refractivity contribution in [2.75, 3.05) is 11.1 Å². The molecule has 176 valence electrons. The number of benzene rings is 2. The molecule has 5 N–H and O–H groups in total. The van der Waals surface area contributed by atoms with Crippen LogP contribution < -0.4 is 15.8 Å². The standard InChI is InChI=1S/C24H30N4O4S/c1-4-7-20-14-18-13-17(12-15(5-2)22(18)32-20)21(24(29)28-33(30,31)6-3)27-19-10-8-16(9-11-19)23(25)26/h8-14,21,27H,4-7H2,1-3H3,(H3,25,26)(H,28,29).